The lowest BCUT2D eigenvalue weighted by atomic mass is 10.3. The number of urea groups is 1. The van der Waals surface area contributed by atoms with Gasteiger partial charge in [0.1, 0.15) is 5.75 Å². The number of halogens is 1. The quantitative estimate of drug-likeness (QED) is 0.863. The lowest BCUT2D eigenvalue weighted by Crippen LogP contribution is -2.43. The number of hydrogen-bond donors (Lipinski definition) is 2. The van der Waals surface area contributed by atoms with Crippen LogP contribution in [0.2, 0.25) is 5.02 Å². The van der Waals surface area contributed by atoms with Crippen LogP contribution < -0.4 is 15.4 Å². The van der Waals surface area contributed by atoms with Crippen molar-refractivity contribution in [3.05, 3.63) is 29.3 Å². The maximum atomic E-state index is 11.5. The molecule has 0 aliphatic carbocycles. The molecule has 17 heavy (non-hydrogen) atoms. The zero-order valence-electron chi connectivity index (χ0n) is 9.49. The molecule has 0 fully saturated rings. The monoisotopic (exact) mass is 256 g/mol. The molecule has 0 saturated carbocycles. The van der Waals surface area contributed by atoms with Gasteiger partial charge in [0.05, 0.1) is 0 Å². The minimum absolute atomic E-state index is 0.508. The largest absolute Gasteiger partial charge is 0.481 e. The molecule has 0 aliphatic heterocycles. The zero-order valence-corrected chi connectivity index (χ0v) is 10.2. The van der Waals surface area contributed by atoms with Crippen molar-refractivity contribution in [2.75, 3.05) is 7.05 Å². The van der Waals surface area contributed by atoms with Crippen LogP contribution in [0.1, 0.15) is 6.92 Å². The SMILES string of the molecule is CNC(=O)NC(=O)[C@H](C)Oc1ccc(Cl)cc1. The first kappa shape index (κ1) is 13.3. The fourth-order valence-corrected chi connectivity index (χ4v) is 1.17. The molecule has 0 bridgehead atoms. The summed E-state index contributed by atoms with van der Waals surface area (Å²) in [6.45, 7) is 1.55. The van der Waals surface area contributed by atoms with Crippen LogP contribution in [0.3, 0.4) is 0 Å². The van der Waals surface area contributed by atoms with Crippen LogP contribution in [0.15, 0.2) is 24.3 Å². The maximum absolute atomic E-state index is 11.5. The van der Waals surface area contributed by atoms with E-state index in [1.807, 2.05) is 0 Å². The molecule has 0 saturated heterocycles. The van der Waals surface area contributed by atoms with Gasteiger partial charge in [0.2, 0.25) is 0 Å². The van der Waals surface area contributed by atoms with Crippen molar-refractivity contribution < 1.29 is 14.3 Å². The summed E-state index contributed by atoms with van der Waals surface area (Å²) in [5.41, 5.74) is 0. The van der Waals surface area contributed by atoms with Gasteiger partial charge in [-0.3, -0.25) is 10.1 Å². The zero-order chi connectivity index (χ0) is 12.8. The third-order valence-electron chi connectivity index (χ3n) is 1.96. The van der Waals surface area contributed by atoms with E-state index in [0.29, 0.717) is 10.8 Å². The van der Waals surface area contributed by atoms with Crippen LogP contribution in [0, 0.1) is 0 Å². The summed E-state index contributed by atoms with van der Waals surface area (Å²) in [7, 11) is 1.42. The Bertz CT molecular complexity index is 406. The van der Waals surface area contributed by atoms with Crippen LogP contribution >= 0.6 is 11.6 Å². The number of rotatable bonds is 3. The smallest absolute Gasteiger partial charge is 0.321 e. The first-order valence-corrected chi connectivity index (χ1v) is 5.35. The van der Waals surface area contributed by atoms with E-state index in [2.05, 4.69) is 10.6 Å². The predicted molar refractivity (Wildman–Crippen MR) is 64.1 cm³/mol. The molecule has 1 rings (SSSR count). The molecule has 1 aromatic carbocycles. The van der Waals surface area contributed by atoms with Crippen molar-refractivity contribution in [3.63, 3.8) is 0 Å². The van der Waals surface area contributed by atoms with E-state index in [9.17, 15) is 9.59 Å². The number of amides is 3. The average Bonchev–Trinajstić information content (AvgIpc) is 2.31. The van der Waals surface area contributed by atoms with Gasteiger partial charge < -0.3 is 10.1 Å². The number of nitrogens with one attached hydrogen (secondary N) is 2. The van der Waals surface area contributed by atoms with E-state index < -0.39 is 18.0 Å². The molecule has 92 valence electrons. The highest BCUT2D eigenvalue weighted by atomic mass is 35.5. The van der Waals surface area contributed by atoms with Crippen LogP contribution in [0.5, 0.6) is 5.75 Å². The molecule has 1 atom stereocenters. The lowest BCUT2D eigenvalue weighted by Gasteiger charge is -2.13. The van der Waals surface area contributed by atoms with Crippen LogP contribution in [0.4, 0.5) is 4.79 Å². The Labute approximate surface area is 104 Å². The number of imide groups is 1. The molecule has 6 heteroatoms. The number of carbonyl (C=O) groups is 2. The second kappa shape index (κ2) is 6.10. The highest BCUT2D eigenvalue weighted by molar-refractivity contribution is 6.30. The minimum Gasteiger partial charge on any atom is -0.481 e. The van der Waals surface area contributed by atoms with E-state index in [1.54, 1.807) is 31.2 Å². The Morgan fingerprint density at radius 2 is 1.88 bits per heavy atom. The average molecular weight is 257 g/mol. The van der Waals surface area contributed by atoms with Crippen molar-refractivity contribution in [1.82, 2.24) is 10.6 Å². The second-order valence-corrected chi connectivity index (χ2v) is 3.72. The Hall–Kier alpha value is -1.75. The summed E-state index contributed by atoms with van der Waals surface area (Å²) < 4.78 is 5.33. The Kier molecular flexibility index (Phi) is 4.78. The van der Waals surface area contributed by atoms with Crippen molar-refractivity contribution >= 4 is 23.5 Å². The Balaban J connectivity index is 2.54. The fraction of sp³-hybridized carbons (Fsp3) is 0.273. The van der Waals surface area contributed by atoms with Crippen LogP contribution in [-0.4, -0.2) is 25.1 Å². The van der Waals surface area contributed by atoms with Crippen LogP contribution in [-0.2, 0) is 4.79 Å². The molecule has 1 aromatic rings. The first-order valence-electron chi connectivity index (χ1n) is 4.97. The fourth-order valence-electron chi connectivity index (χ4n) is 1.05. The standard InChI is InChI=1S/C11H13ClN2O3/c1-7(10(15)14-11(16)13-2)17-9-5-3-8(12)4-6-9/h3-7H,1-2H3,(H2,13,14,15,16)/t7-/m0/s1. The second-order valence-electron chi connectivity index (χ2n) is 3.28. The topological polar surface area (TPSA) is 67.4 Å². The number of carbonyl (C=O) groups excluding carboxylic acids is 2. The molecular weight excluding hydrogens is 244 g/mol. The molecule has 0 unspecified atom stereocenters. The van der Waals surface area contributed by atoms with E-state index in [1.165, 1.54) is 7.05 Å². The van der Waals surface area contributed by atoms with Gasteiger partial charge in [-0.05, 0) is 31.2 Å². The van der Waals surface area contributed by atoms with Gasteiger partial charge in [-0.25, -0.2) is 4.79 Å². The lowest BCUT2D eigenvalue weighted by molar-refractivity contribution is -0.126. The normalized spacial score (nSPS) is 11.5. The van der Waals surface area contributed by atoms with Gasteiger partial charge in [0, 0.05) is 12.1 Å². The predicted octanol–water partition coefficient (Wildman–Crippen LogP) is 1.56. The highest BCUT2D eigenvalue weighted by Crippen LogP contribution is 2.16. The number of benzene rings is 1. The van der Waals surface area contributed by atoms with Gasteiger partial charge in [0.25, 0.3) is 5.91 Å². The van der Waals surface area contributed by atoms with E-state index in [0.717, 1.165) is 0 Å². The van der Waals surface area contributed by atoms with Gasteiger partial charge in [-0.2, -0.15) is 0 Å². The van der Waals surface area contributed by atoms with Gasteiger partial charge in [0.15, 0.2) is 6.10 Å². The molecule has 0 spiro atoms. The summed E-state index contributed by atoms with van der Waals surface area (Å²) in [5.74, 6) is -0.00624. The summed E-state index contributed by atoms with van der Waals surface area (Å²) in [6, 6.07) is 6.03. The molecule has 0 heterocycles. The molecule has 3 amide bonds. The minimum atomic E-state index is -0.770. The molecule has 0 aliphatic rings. The highest BCUT2D eigenvalue weighted by Gasteiger charge is 2.16. The first-order chi connectivity index (χ1) is 8.02. The summed E-state index contributed by atoms with van der Waals surface area (Å²) >= 11 is 5.71. The molecule has 2 N–H and O–H groups in total. The maximum Gasteiger partial charge on any atom is 0.321 e. The molecule has 0 radical (unpaired) electrons. The van der Waals surface area contributed by atoms with Crippen molar-refractivity contribution in [2.45, 2.75) is 13.0 Å². The van der Waals surface area contributed by atoms with Gasteiger partial charge >= 0.3 is 6.03 Å². The van der Waals surface area contributed by atoms with Gasteiger partial charge in [-0.15, -0.1) is 0 Å². The number of ether oxygens (including phenoxy) is 1. The third-order valence-corrected chi connectivity index (χ3v) is 2.21. The van der Waals surface area contributed by atoms with E-state index in [4.69, 9.17) is 16.3 Å². The summed E-state index contributed by atoms with van der Waals surface area (Å²) in [4.78, 5) is 22.4. The van der Waals surface area contributed by atoms with Crippen LogP contribution in [0.25, 0.3) is 0 Å². The summed E-state index contributed by atoms with van der Waals surface area (Å²) in [6.07, 6.45) is -0.770. The number of hydrogen-bond acceptors (Lipinski definition) is 3. The summed E-state index contributed by atoms with van der Waals surface area (Å²) in [5, 5.41) is 4.98. The van der Waals surface area contributed by atoms with Crippen molar-refractivity contribution in [2.24, 2.45) is 0 Å². The van der Waals surface area contributed by atoms with Crippen molar-refractivity contribution in [3.8, 4) is 5.75 Å². The third kappa shape index (κ3) is 4.32. The molecule has 0 aromatic heterocycles. The van der Waals surface area contributed by atoms with E-state index in [-0.39, 0.29) is 0 Å². The van der Waals surface area contributed by atoms with Gasteiger partial charge in [-0.1, -0.05) is 11.6 Å². The Morgan fingerprint density at radius 1 is 1.29 bits per heavy atom. The van der Waals surface area contributed by atoms with E-state index >= 15 is 0 Å². The van der Waals surface area contributed by atoms with Crippen molar-refractivity contribution in [1.29, 1.82) is 0 Å². The Morgan fingerprint density at radius 3 is 2.41 bits per heavy atom. The molecule has 5 nitrogen and oxygen atoms in total. The molecular formula is C11H13ClN2O3.